The van der Waals surface area contributed by atoms with Crippen LogP contribution in [-0.2, 0) is 0 Å². The zero-order valence-corrected chi connectivity index (χ0v) is 32.2. The first-order valence-electron chi connectivity index (χ1n) is 19.4. The Hall–Kier alpha value is -6.78. The number of rotatable bonds is 3. The second-order valence-corrected chi connectivity index (χ2v) is 17.2. The van der Waals surface area contributed by atoms with E-state index in [1.807, 2.05) is 28.7 Å². The van der Waals surface area contributed by atoms with Crippen LogP contribution in [0.5, 0.6) is 0 Å². The molecule has 0 atom stereocenters. The van der Waals surface area contributed by atoms with Gasteiger partial charge in [-0.3, -0.25) is 0 Å². The fourth-order valence-corrected chi connectivity index (χ4v) is 12.0. The summed E-state index contributed by atoms with van der Waals surface area (Å²) in [6, 6.07) is 67.1. The van der Waals surface area contributed by atoms with Gasteiger partial charge in [0.25, 0.3) is 0 Å². The molecule has 0 aliphatic rings. The lowest BCUT2D eigenvalue weighted by Gasteiger charge is -2.18. The maximum Gasteiger partial charge on any atom is 0.136 e. The molecule has 0 unspecified atom stereocenters. The maximum atomic E-state index is 6.38. The second kappa shape index (κ2) is 11.9. The minimum Gasteiger partial charge on any atom is -0.456 e. The van der Waals surface area contributed by atoms with Crippen molar-refractivity contribution in [2.45, 2.75) is 0 Å². The van der Waals surface area contributed by atoms with Gasteiger partial charge in [0.05, 0.1) is 0 Å². The third kappa shape index (κ3) is 4.50. The Morgan fingerprint density at radius 2 is 0.807 bits per heavy atom. The summed E-state index contributed by atoms with van der Waals surface area (Å²) in [5.74, 6) is 0. The van der Waals surface area contributed by atoms with E-state index in [0.717, 1.165) is 27.5 Å². The summed E-state index contributed by atoms with van der Waals surface area (Å²) in [6.07, 6.45) is 0. The molecule has 0 aliphatic carbocycles. The number of thiophene rings is 2. The summed E-state index contributed by atoms with van der Waals surface area (Å²) in [4.78, 5) is 0. The van der Waals surface area contributed by atoms with Gasteiger partial charge in [-0.1, -0.05) is 140 Å². The van der Waals surface area contributed by atoms with Crippen LogP contribution in [0.4, 0.5) is 0 Å². The van der Waals surface area contributed by atoms with E-state index in [-0.39, 0.29) is 0 Å². The predicted molar refractivity (Wildman–Crippen MR) is 248 cm³/mol. The lowest BCUT2D eigenvalue weighted by molar-refractivity contribution is 0.669. The van der Waals surface area contributed by atoms with Crippen molar-refractivity contribution in [1.29, 1.82) is 0 Å². The summed E-state index contributed by atoms with van der Waals surface area (Å²) in [5.41, 5.74) is 9.25. The Bertz CT molecular complexity index is 3750. The molecule has 1 nitrogen and oxygen atoms in total. The highest BCUT2D eigenvalue weighted by molar-refractivity contribution is 7.28. The molecule has 0 saturated heterocycles. The topological polar surface area (TPSA) is 13.1 Å². The minimum atomic E-state index is 0.913. The number of fused-ring (bicyclic) bond motifs is 13. The number of hydrogen-bond acceptors (Lipinski definition) is 3. The second-order valence-electron chi connectivity index (χ2n) is 15.1. The molecule has 3 heterocycles. The van der Waals surface area contributed by atoms with E-state index in [9.17, 15) is 0 Å². The first-order chi connectivity index (χ1) is 28.3. The van der Waals surface area contributed by atoms with Gasteiger partial charge in [-0.25, -0.2) is 0 Å². The van der Waals surface area contributed by atoms with Crippen molar-refractivity contribution >= 4 is 117 Å². The molecule has 0 radical (unpaired) electrons. The molecular formula is C54H30OS2. The molecule has 57 heavy (non-hydrogen) atoms. The molecule has 3 heteroatoms. The van der Waals surface area contributed by atoms with Crippen LogP contribution in [0.1, 0.15) is 0 Å². The van der Waals surface area contributed by atoms with Crippen LogP contribution in [0.3, 0.4) is 0 Å². The Morgan fingerprint density at radius 1 is 0.298 bits per heavy atom. The molecule has 13 rings (SSSR count). The molecule has 0 fully saturated rings. The standard InChI is InChI=1S/C54H30OS2/c1-2-12-35-33(11-1)29-43-53-48(28-27-47-52(53)42-18-8-10-20-46(42)56-47)57-54(43)51(35)32-23-21-31(22-24-32)49-38-14-3-5-16-40(38)50(41-17-6-4-15-39(41)49)34-25-26-37-36-13-7-9-19-44(36)55-45(37)30-34/h1-30H. The van der Waals surface area contributed by atoms with Gasteiger partial charge in [0.2, 0.25) is 0 Å². The third-order valence-corrected chi connectivity index (χ3v) is 14.4. The average Bonchev–Trinajstić information content (AvgIpc) is 3.95. The van der Waals surface area contributed by atoms with E-state index in [2.05, 4.69) is 176 Å². The van der Waals surface area contributed by atoms with Crippen molar-refractivity contribution in [1.82, 2.24) is 0 Å². The highest BCUT2D eigenvalue weighted by atomic mass is 32.1. The first-order valence-corrected chi connectivity index (χ1v) is 21.0. The zero-order chi connectivity index (χ0) is 37.2. The molecule has 3 aromatic heterocycles. The van der Waals surface area contributed by atoms with Crippen molar-refractivity contribution < 1.29 is 4.42 Å². The van der Waals surface area contributed by atoms with E-state index in [1.54, 1.807) is 0 Å². The van der Waals surface area contributed by atoms with Crippen LogP contribution in [0.25, 0.3) is 128 Å². The lowest BCUT2D eigenvalue weighted by atomic mass is 9.85. The number of hydrogen-bond donors (Lipinski definition) is 0. The molecule has 0 bridgehead atoms. The van der Waals surface area contributed by atoms with E-state index < -0.39 is 0 Å². The molecule has 13 aromatic rings. The van der Waals surface area contributed by atoms with Crippen LogP contribution in [0.2, 0.25) is 0 Å². The molecule has 0 saturated carbocycles. The normalized spacial score (nSPS) is 12.2. The lowest BCUT2D eigenvalue weighted by Crippen LogP contribution is -1.91. The monoisotopic (exact) mass is 758 g/mol. The Balaban J connectivity index is 1.02. The van der Waals surface area contributed by atoms with Crippen LogP contribution in [-0.4, -0.2) is 0 Å². The summed E-state index contributed by atoms with van der Waals surface area (Å²) < 4.78 is 11.8. The Kier molecular flexibility index (Phi) is 6.54. The van der Waals surface area contributed by atoms with Gasteiger partial charge in [-0.15, -0.1) is 22.7 Å². The number of para-hydroxylation sites is 1. The van der Waals surface area contributed by atoms with Crippen molar-refractivity contribution in [2.75, 3.05) is 0 Å². The first kappa shape index (κ1) is 31.4. The van der Waals surface area contributed by atoms with E-state index in [1.165, 1.54) is 100 Å². The van der Waals surface area contributed by atoms with Crippen molar-refractivity contribution in [3.8, 4) is 33.4 Å². The third-order valence-electron chi connectivity index (χ3n) is 12.0. The molecule has 0 N–H and O–H groups in total. The quantitative estimate of drug-likeness (QED) is 0.164. The summed E-state index contributed by atoms with van der Waals surface area (Å²) >= 11 is 3.82. The SMILES string of the molecule is c1ccc2c(-c3ccc(-c4c5ccccc5c(-c5ccc6c(c5)oc5ccccc56)c5ccccc45)cc3)c3sc4ccc5sc6ccccc6c5c4c3cc2c1. The van der Waals surface area contributed by atoms with Gasteiger partial charge < -0.3 is 4.42 Å². The average molecular weight is 759 g/mol. The van der Waals surface area contributed by atoms with Crippen molar-refractivity contribution in [2.24, 2.45) is 0 Å². The largest absolute Gasteiger partial charge is 0.456 e. The molecular weight excluding hydrogens is 729 g/mol. The van der Waals surface area contributed by atoms with Gasteiger partial charge in [0, 0.05) is 56.7 Å². The minimum absolute atomic E-state index is 0.913. The molecule has 10 aromatic carbocycles. The Labute approximate surface area is 335 Å². The van der Waals surface area contributed by atoms with Crippen molar-refractivity contribution in [3.05, 3.63) is 182 Å². The van der Waals surface area contributed by atoms with Gasteiger partial charge in [0.15, 0.2) is 0 Å². The van der Waals surface area contributed by atoms with E-state index in [4.69, 9.17) is 4.42 Å². The highest BCUT2D eigenvalue weighted by Gasteiger charge is 2.21. The van der Waals surface area contributed by atoms with Gasteiger partial charge >= 0.3 is 0 Å². The number of furan rings is 1. The Morgan fingerprint density at radius 3 is 1.53 bits per heavy atom. The molecule has 264 valence electrons. The van der Waals surface area contributed by atoms with E-state index >= 15 is 0 Å². The van der Waals surface area contributed by atoms with Gasteiger partial charge in [-0.05, 0) is 103 Å². The van der Waals surface area contributed by atoms with Crippen LogP contribution in [0, 0.1) is 0 Å². The molecule has 0 aliphatic heterocycles. The van der Waals surface area contributed by atoms with Crippen LogP contribution < -0.4 is 0 Å². The highest BCUT2D eigenvalue weighted by Crippen LogP contribution is 2.50. The fourth-order valence-electron chi connectivity index (χ4n) is 9.60. The van der Waals surface area contributed by atoms with Crippen LogP contribution >= 0.6 is 22.7 Å². The smallest absolute Gasteiger partial charge is 0.136 e. The zero-order valence-electron chi connectivity index (χ0n) is 30.5. The molecule has 0 amide bonds. The summed E-state index contributed by atoms with van der Waals surface area (Å²) in [5, 5.41) is 15.3. The number of benzene rings is 10. The van der Waals surface area contributed by atoms with Crippen molar-refractivity contribution in [3.63, 3.8) is 0 Å². The predicted octanol–water partition coefficient (Wildman–Crippen LogP) is 16.8. The summed E-state index contributed by atoms with van der Waals surface area (Å²) in [7, 11) is 0. The fraction of sp³-hybridized carbons (Fsp3) is 0. The molecule has 0 spiro atoms. The van der Waals surface area contributed by atoms with Crippen LogP contribution in [0.15, 0.2) is 186 Å². The maximum absolute atomic E-state index is 6.38. The summed E-state index contributed by atoms with van der Waals surface area (Å²) in [6.45, 7) is 0. The van der Waals surface area contributed by atoms with Gasteiger partial charge in [-0.2, -0.15) is 0 Å². The van der Waals surface area contributed by atoms with E-state index in [0.29, 0.717) is 0 Å². The van der Waals surface area contributed by atoms with Gasteiger partial charge in [0.1, 0.15) is 11.2 Å².